The maximum Gasteiger partial charge on any atom is 0.307 e. The second kappa shape index (κ2) is 8.77. The topological polar surface area (TPSA) is 95.5 Å². The number of anilines is 1. The van der Waals surface area contributed by atoms with Crippen LogP contribution in [0.5, 0.6) is 0 Å². The van der Waals surface area contributed by atoms with Crippen molar-refractivity contribution in [1.29, 1.82) is 0 Å². The molecule has 3 N–H and O–H groups in total. The van der Waals surface area contributed by atoms with E-state index in [0.29, 0.717) is 29.3 Å². The van der Waals surface area contributed by atoms with E-state index in [0.717, 1.165) is 55.2 Å². The molecule has 3 aliphatic rings. The zero-order valence-electron chi connectivity index (χ0n) is 18.5. The van der Waals surface area contributed by atoms with E-state index in [1.54, 1.807) is 0 Å². The van der Waals surface area contributed by atoms with Gasteiger partial charge in [-0.05, 0) is 70.3 Å². The van der Waals surface area contributed by atoms with Gasteiger partial charge in [0.2, 0.25) is 5.91 Å². The maximum atomic E-state index is 13.3. The summed E-state index contributed by atoms with van der Waals surface area (Å²) in [6.07, 6.45) is 6.82. The first-order valence-electron chi connectivity index (χ1n) is 11.4. The summed E-state index contributed by atoms with van der Waals surface area (Å²) < 4.78 is 0. The van der Waals surface area contributed by atoms with Crippen molar-refractivity contribution >= 4 is 34.1 Å². The average molecular weight is 445 g/mol. The number of amides is 2. The van der Waals surface area contributed by atoms with Gasteiger partial charge in [0.25, 0.3) is 5.91 Å². The molecule has 0 spiro atoms. The lowest BCUT2D eigenvalue weighted by molar-refractivity contribution is -0.146. The Hall–Kier alpha value is -2.15. The number of aliphatic carboxylic acids is 1. The number of hydrogen-bond acceptors (Lipinski definition) is 4. The summed E-state index contributed by atoms with van der Waals surface area (Å²) in [5, 5.41) is 16.4. The molecule has 0 aromatic carbocycles. The first kappa shape index (κ1) is 22.1. The molecule has 1 aromatic heterocycles. The van der Waals surface area contributed by atoms with Crippen LogP contribution in [0.3, 0.4) is 0 Å². The van der Waals surface area contributed by atoms with Crippen LogP contribution in [0.2, 0.25) is 0 Å². The van der Waals surface area contributed by atoms with E-state index >= 15 is 0 Å². The van der Waals surface area contributed by atoms with E-state index in [4.69, 9.17) is 0 Å². The molecule has 0 radical (unpaired) electrons. The molecule has 168 valence electrons. The van der Waals surface area contributed by atoms with Crippen molar-refractivity contribution in [3.63, 3.8) is 0 Å². The number of thiophene rings is 1. The van der Waals surface area contributed by atoms with Gasteiger partial charge in [-0.25, -0.2) is 0 Å². The first-order valence-corrected chi connectivity index (χ1v) is 12.2. The summed E-state index contributed by atoms with van der Waals surface area (Å²) in [6, 6.07) is 0.240. The fourth-order valence-electron chi connectivity index (χ4n) is 4.85. The third kappa shape index (κ3) is 4.56. The number of carbonyl (C=O) groups is 3. The number of allylic oxidation sites excluding steroid dienone is 2. The largest absolute Gasteiger partial charge is 0.481 e. The Bertz CT molecular complexity index is 944. The first-order chi connectivity index (χ1) is 14.8. The van der Waals surface area contributed by atoms with E-state index in [-0.39, 0.29) is 17.9 Å². The quantitative estimate of drug-likeness (QED) is 0.561. The van der Waals surface area contributed by atoms with Crippen LogP contribution in [0.1, 0.15) is 80.1 Å². The van der Waals surface area contributed by atoms with Gasteiger partial charge in [0, 0.05) is 10.9 Å². The van der Waals surface area contributed by atoms with E-state index in [2.05, 4.69) is 17.6 Å². The fraction of sp³-hybridized carbons (Fsp3) is 0.625. The molecule has 0 saturated heterocycles. The zero-order valence-corrected chi connectivity index (χ0v) is 19.4. The molecule has 7 heteroatoms. The zero-order chi connectivity index (χ0) is 22.3. The van der Waals surface area contributed by atoms with E-state index in [1.165, 1.54) is 16.2 Å². The van der Waals surface area contributed by atoms with Gasteiger partial charge in [0.1, 0.15) is 5.00 Å². The van der Waals surface area contributed by atoms with Crippen LogP contribution < -0.4 is 10.6 Å². The minimum Gasteiger partial charge on any atom is -0.481 e. The van der Waals surface area contributed by atoms with Gasteiger partial charge in [-0.3, -0.25) is 14.4 Å². The van der Waals surface area contributed by atoms with E-state index in [9.17, 15) is 19.5 Å². The summed E-state index contributed by atoms with van der Waals surface area (Å²) in [6.45, 7) is 6.10. The van der Waals surface area contributed by atoms with Crippen LogP contribution in [0.25, 0.3) is 0 Å². The second-order valence-electron chi connectivity index (χ2n) is 9.48. The highest BCUT2D eigenvalue weighted by molar-refractivity contribution is 7.17. The van der Waals surface area contributed by atoms with Gasteiger partial charge in [0.15, 0.2) is 0 Å². The van der Waals surface area contributed by atoms with Crippen molar-refractivity contribution in [2.45, 2.75) is 78.2 Å². The summed E-state index contributed by atoms with van der Waals surface area (Å²) in [7, 11) is 0. The minimum atomic E-state index is -0.935. The Kier molecular flexibility index (Phi) is 6.24. The summed E-state index contributed by atoms with van der Waals surface area (Å²) >= 11 is 1.51. The van der Waals surface area contributed by atoms with Crippen molar-refractivity contribution in [2.24, 2.45) is 17.8 Å². The molecule has 0 aliphatic heterocycles. The highest BCUT2D eigenvalue weighted by atomic mass is 32.1. The van der Waals surface area contributed by atoms with Crippen molar-refractivity contribution in [3.8, 4) is 0 Å². The van der Waals surface area contributed by atoms with Crippen molar-refractivity contribution in [3.05, 3.63) is 27.2 Å². The molecule has 1 heterocycles. The monoisotopic (exact) mass is 444 g/mol. The lowest BCUT2D eigenvalue weighted by atomic mass is 9.76. The molecule has 1 fully saturated rings. The molecule has 2 amide bonds. The Morgan fingerprint density at radius 3 is 2.32 bits per heavy atom. The van der Waals surface area contributed by atoms with Crippen LogP contribution in [-0.2, 0) is 22.4 Å². The molecule has 3 atom stereocenters. The van der Waals surface area contributed by atoms with Gasteiger partial charge in [-0.15, -0.1) is 11.3 Å². The second-order valence-corrected chi connectivity index (χ2v) is 10.6. The van der Waals surface area contributed by atoms with Crippen LogP contribution in [0, 0.1) is 17.8 Å². The summed E-state index contributed by atoms with van der Waals surface area (Å²) in [5.74, 6) is -2.06. The van der Waals surface area contributed by atoms with Crippen molar-refractivity contribution < 1.29 is 19.5 Å². The number of fused-ring (bicyclic) bond motifs is 1. The SMILES string of the molecule is CC[C@H]1CCc2c(sc(NC(=O)[C@H]3CC(C)=C(C)C[C@@H]3C(=O)O)c2C(=O)NC2CC2)C1. The van der Waals surface area contributed by atoms with Crippen LogP contribution in [0.15, 0.2) is 11.1 Å². The smallest absolute Gasteiger partial charge is 0.307 e. The fourth-order valence-corrected chi connectivity index (χ4v) is 6.21. The standard InChI is InChI=1S/C24H32N2O4S/c1-4-14-5-8-16-19(11-14)31-23(20(16)22(28)25-15-6-7-15)26-21(27)17-9-12(2)13(3)10-18(17)24(29)30/h14-15,17-18H,4-11H2,1-3H3,(H,25,28)(H,26,27)(H,29,30)/t14-,17-,18-/m0/s1. The molecule has 1 aromatic rings. The Morgan fingerprint density at radius 2 is 1.71 bits per heavy atom. The van der Waals surface area contributed by atoms with E-state index < -0.39 is 17.8 Å². The highest BCUT2D eigenvalue weighted by Crippen LogP contribution is 2.42. The van der Waals surface area contributed by atoms with Gasteiger partial charge in [-0.1, -0.05) is 24.5 Å². The molecular formula is C24H32N2O4S. The number of hydrogen-bond donors (Lipinski definition) is 3. The molecule has 6 nitrogen and oxygen atoms in total. The lowest BCUT2D eigenvalue weighted by Crippen LogP contribution is -2.37. The summed E-state index contributed by atoms with van der Waals surface area (Å²) in [5.41, 5.74) is 3.83. The highest BCUT2D eigenvalue weighted by Gasteiger charge is 2.39. The Labute approximate surface area is 187 Å². The third-order valence-corrected chi connectivity index (χ3v) is 8.41. The van der Waals surface area contributed by atoms with Gasteiger partial charge in [0.05, 0.1) is 17.4 Å². The number of carbonyl (C=O) groups excluding carboxylic acids is 2. The maximum absolute atomic E-state index is 13.3. The number of nitrogens with one attached hydrogen (secondary N) is 2. The average Bonchev–Trinajstić information content (AvgIpc) is 3.47. The Balaban J connectivity index is 1.62. The molecular weight excluding hydrogens is 412 g/mol. The molecule has 3 aliphatic carbocycles. The van der Waals surface area contributed by atoms with Crippen LogP contribution >= 0.6 is 11.3 Å². The number of rotatable bonds is 6. The van der Waals surface area contributed by atoms with Gasteiger partial charge >= 0.3 is 5.97 Å². The summed E-state index contributed by atoms with van der Waals surface area (Å²) in [4.78, 5) is 39.4. The predicted octanol–water partition coefficient (Wildman–Crippen LogP) is 4.54. The molecule has 4 rings (SSSR count). The van der Waals surface area contributed by atoms with Gasteiger partial charge in [-0.2, -0.15) is 0 Å². The molecule has 0 bridgehead atoms. The molecule has 0 unspecified atom stereocenters. The lowest BCUT2D eigenvalue weighted by Gasteiger charge is -2.29. The van der Waals surface area contributed by atoms with E-state index in [1.807, 2.05) is 13.8 Å². The van der Waals surface area contributed by atoms with Crippen LogP contribution in [0.4, 0.5) is 5.00 Å². The normalized spacial score (nSPS) is 25.7. The third-order valence-electron chi connectivity index (χ3n) is 7.24. The van der Waals surface area contributed by atoms with Gasteiger partial charge < -0.3 is 15.7 Å². The van der Waals surface area contributed by atoms with Crippen LogP contribution in [-0.4, -0.2) is 28.9 Å². The molecule has 1 saturated carbocycles. The number of carboxylic acid groups (broad SMARTS) is 1. The number of carboxylic acids is 1. The minimum absolute atomic E-state index is 0.101. The van der Waals surface area contributed by atoms with Crippen molar-refractivity contribution in [1.82, 2.24) is 5.32 Å². The Morgan fingerprint density at radius 1 is 1.03 bits per heavy atom. The van der Waals surface area contributed by atoms with Crippen molar-refractivity contribution in [2.75, 3.05) is 5.32 Å². The molecule has 31 heavy (non-hydrogen) atoms. The predicted molar refractivity (Wildman–Crippen MR) is 121 cm³/mol.